The Balaban J connectivity index is 1.82. The fourth-order valence-corrected chi connectivity index (χ4v) is 2.49. The molecule has 1 fully saturated rings. The summed E-state index contributed by atoms with van der Waals surface area (Å²) < 4.78 is 0.872. The van der Waals surface area contributed by atoms with Gasteiger partial charge in [0.05, 0.1) is 18.7 Å². The van der Waals surface area contributed by atoms with Gasteiger partial charge in [0, 0.05) is 16.7 Å². The second kappa shape index (κ2) is 7.02. The van der Waals surface area contributed by atoms with E-state index in [0.717, 1.165) is 10.0 Å². The van der Waals surface area contributed by atoms with Crippen LogP contribution >= 0.6 is 15.9 Å². The van der Waals surface area contributed by atoms with E-state index < -0.39 is 12.1 Å². The summed E-state index contributed by atoms with van der Waals surface area (Å²) >= 11 is 3.35. The van der Waals surface area contributed by atoms with E-state index in [2.05, 4.69) is 31.9 Å². The van der Waals surface area contributed by atoms with Crippen LogP contribution in [0.25, 0.3) is 0 Å². The van der Waals surface area contributed by atoms with Gasteiger partial charge in [-0.3, -0.25) is 9.59 Å². The van der Waals surface area contributed by atoms with Crippen LogP contribution in [-0.4, -0.2) is 42.2 Å². The van der Waals surface area contributed by atoms with Crippen molar-refractivity contribution in [1.29, 1.82) is 0 Å². The molecule has 0 radical (unpaired) electrons. The molecule has 0 bridgehead atoms. The first-order chi connectivity index (χ1) is 9.95. The van der Waals surface area contributed by atoms with Crippen molar-refractivity contribution in [2.75, 3.05) is 18.4 Å². The molecule has 7 heteroatoms. The van der Waals surface area contributed by atoms with Gasteiger partial charge in [0.15, 0.2) is 0 Å². The number of hydrogen-bond donors (Lipinski definition) is 4. The largest absolute Gasteiger partial charge is 0.392 e. The molecule has 0 aromatic heterocycles. The van der Waals surface area contributed by atoms with Crippen molar-refractivity contribution in [3.63, 3.8) is 0 Å². The van der Waals surface area contributed by atoms with Crippen molar-refractivity contribution >= 4 is 33.4 Å². The Hall–Kier alpha value is -1.44. The third kappa shape index (κ3) is 4.52. The average molecular weight is 356 g/mol. The molecule has 2 rings (SSSR count). The fourth-order valence-electron chi connectivity index (χ4n) is 2.13. The number of aryl methyl sites for hydroxylation is 1. The third-order valence-corrected chi connectivity index (χ3v) is 3.81. The maximum Gasteiger partial charge on any atom is 0.243 e. The SMILES string of the molecule is Cc1ccc(Br)cc1NC(=O)CNC(=O)C1CC(O)CN1. The van der Waals surface area contributed by atoms with Gasteiger partial charge >= 0.3 is 0 Å². The van der Waals surface area contributed by atoms with Gasteiger partial charge in [-0.05, 0) is 31.0 Å². The summed E-state index contributed by atoms with van der Waals surface area (Å²) in [5.74, 6) is -0.559. The fraction of sp³-hybridized carbons (Fsp3) is 0.429. The van der Waals surface area contributed by atoms with E-state index in [1.165, 1.54) is 0 Å². The molecule has 1 aliphatic rings. The number of hydrogen-bond acceptors (Lipinski definition) is 4. The maximum atomic E-state index is 11.8. The third-order valence-electron chi connectivity index (χ3n) is 3.32. The van der Waals surface area contributed by atoms with Crippen molar-refractivity contribution in [3.8, 4) is 0 Å². The number of β-amino-alcohol motifs (C(OH)–C–C–N with tert-alkyl or cyclic N) is 1. The number of nitrogens with one attached hydrogen (secondary N) is 3. The van der Waals surface area contributed by atoms with Crippen LogP contribution in [0.5, 0.6) is 0 Å². The molecule has 1 aliphatic heterocycles. The molecule has 6 nitrogen and oxygen atoms in total. The number of rotatable bonds is 4. The summed E-state index contributed by atoms with van der Waals surface area (Å²) in [6.07, 6.45) is -0.128. The van der Waals surface area contributed by atoms with Crippen molar-refractivity contribution in [3.05, 3.63) is 28.2 Å². The molecule has 1 saturated heterocycles. The van der Waals surface area contributed by atoms with Gasteiger partial charge in [-0.1, -0.05) is 22.0 Å². The highest BCUT2D eigenvalue weighted by Gasteiger charge is 2.27. The first-order valence-corrected chi connectivity index (χ1v) is 7.50. The van der Waals surface area contributed by atoms with E-state index >= 15 is 0 Å². The number of aliphatic hydroxyl groups is 1. The summed E-state index contributed by atoms with van der Waals surface area (Å²) in [6, 6.07) is 5.16. The summed E-state index contributed by atoms with van der Waals surface area (Å²) in [5, 5.41) is 17.6. The first-order valence-electron chi connectivity index (χ1n) is 6.71. The molecular formula is C14H18BrN3O3. The van der Waals surface area contributed by atoms with E-state index in [-0.39, 0.29) is 18.4 Å². The highest BCUT2D eigenvalue weighted by molar-refractivity contribution is 9.10. The lowest BCUT2D eigenvalue weighted by molar-refractivity contribution is -0.125. The smallest absolute Gasteiger partial charge is 0.243 e. The molecule has 4 N–H and O–H groups in total. The Morgan fingerprint density at radius 3 is 2.90 bits per heavy atom. The van der Waals surface area contributed by atoms with Gasteiger partial charge in [-0.25, -0.2) is 0 Å². The van der Waals surface area contributed by atoms with Gasteiger partial charge in [0.2, 0.25) is 11.8 Å². The molecule has 0 saturated carbocycles. The Kier molecular flexibility index (Phi) is 5.33. The van der Waals surface area contributed by atoms with Gasteiger partial charge in [0.1, 0.15) is 0 Å². The molecule has 2 atom stereocenters. The summed E-state index contributed by atoms with van der Waals surface area (Å²) in [5.41, 5.74) is 1.65. The van der Waals surface area contributed by atoms with Crippen LogP contribution in [0.2, 0.25) is 0 Å². The monoisotopic (exact) mass is 355 g/mol. The summed E-state index contributed by atoms with van der Waals surface area (Å²) in [7, 11) is 0. The summed E-state index contributed by atoms with van der Waals surface area (Å²) in [4.78, 5) is 23.6. The highest BCUT2D eigenvalue weighted by Crippen LogP contribution is 2.20. The predicted molar refractivity (Wildman–Crippen MR) is 82.9 cm³/mol. The van der Waals surface area contributed by atoms with Gasteiger partial charge in [-0.2, -0.15) is 0 Å². The first kappa shape index (κ1) is 15.9. The zero-order chi connectivity index (χ0) is 15.4. The Labute approximate surface area is 131 Å². The van der Waals surface area contributed by atoms with E-state index in [9.17, 15) is 14.7 Å². The Morgan fingerprint density at radius 2 is 2.24 bits per heavy atom. The second-order valence-corrected chi connectivity index (χ2v) is 5.99. The van der Waals surface area contributed by atoms with E-state index in [0.29, 0.717) is 18.7 Å². The van der Waals surface area contributed by atoms with Crippen LogP contribution < -0.4 is 16.0 Å². The zero-order valence-corrected chi connectivity index (χ0v) is 13.2. The normalized spacial score (nSPS) is 21.1. The number of aliphatic hydroxyl groups excluding tert-OH is 1. The van der Waals surface area contributed by atoms with Gasteiger partial charge < -0.3 is 21.1 Å². The summed E-state index contributed by atoms with van der Waals surface area (Å²) in [6.45, 7) is 2.20. The van der Waals surface area contributed by atoms with Crippen LogP contribution in [0.1, 0.15) is 12.0 Å². The number of amides is 2. The molecule has 0 spiro atoms. The number of carbonyl (C=O) groups excluding carboxylic acids is 2. The molecule has 114 valence electrons. The molecule has 2 unspecified atom stereocenters. The minimum atomic E-state index is -0.501. The second-order valence-electron chi connectivity index (χ2n) is 5.08. The molecule has 1 heterocycles. The molecule has 1 aromatic rings. The topological polar surface area (TPSA) is 90.5 Å². The predicted octanol–water partition coefficient (Wildman–Crippen LogP) is 0.535. The van der Waals surface area contributed by atoms with E-state index in [1.54, 1.807) is 0 Å². The average Bonchev–Trinajstić information content (AvgIpc) is 2.87. The number of anilines is 1. The zero-order valence-electron chi connectivity index (χ0n) is 11.6. The number of carbonyl (C=O) groups is 2. The lowest BCUT2D eigenvalue weighted by atomic mass is 10.2. The highest BCUT2D eigenvalue weighted by atomic mass is 79.9. The molecule has 1 aromatic carbocycles. The quantitative estimate of drug-likeness (QED) is 0.634. The van der Waals surface area contributed by atoms with Crippen molar-refractivity contribution < 1.29 is 14.7 Å². The number of halogens is 1. The minimum Gasteiger partial charge on any atom is -0.392 e. The van der Waals surface area contributed by atoms with Crippen molar-refractivity contribution in [2.45, 2.75) is 25.5 Å². The van der Waals surface area contributed by atoms with Crippen LogP contribution in [-0.2, 0) is 9.59 Å². The maximum absolute atomic E-state index is 11.8. The molecule has 21 heavy (non-hydrogen) atoms. The lowest BCUT2D eigenvalue weighted by Crippen LogP contribution is -2.43. The molecule has 2 amide bonds. The van der Waals surface area contributed by atoms with Crippen molar-refractivity contribution in [2.24, 2.45) is 0 Å². The van der Waals surface area contributed by atoms with Crippen LogP contribution in [0.4, 0.5) is 5.69 Å². The standard InChI is InChI=1S/C14H18BrN3O3/c1-8-2-3-9(15)4-11(8)18-13(20)7-17-14(21)12-5-10(19)6-16-12/h2-4,10,12,16,19H,5-7H2,1H3,(H,17,21)(H,18,20). The lowest BCUT2D eigenvalue weighted by Gasteiger charge is -2.12. The van der Waals surface area contributed by atoms with Crippen LogP contribution in [0, 0.1) is 6.92 Å². The number of benzene rings is 1. The molecule has 0 aliphatic carbocycles. The van der Waals surface area contributed by atoms with Crippen LogP contribution in [0.3, 0.4) is 0 Å². The van der Waals surface area contributed by atoms with Crippen LogP contribution in [0.15, 0.2) is 22.7 Å². The minimum absolute atomic E-state index is 0.0982. The van der Waals surface area contributed by atoms with E-state index in [4.69, 9.17) is 0 Å². The molecular weight excluding hydrogens is 338 g/mol. The Morgan fingerprint density at radius 1 is 1.48 bits per heavy atom. The Bertz CT molecular complexity index is 550. The van der Waals surface area contributed by atoms with E-state index in [1.807, 2.05) is 25.1 Å². The van der Waals surface area contributed by atoms with Gasteiger partial charge in [0.25, 0.3) is 0 Å². The van der Waals surface area contributed by atoms with Gasteiger partial charge in [-0.15, -0.1) is 0 Å². The van der Waals surface area contributed by atoms with Crippen molar-refractivity contribution in [1.82, 2.24) is 10.6 Å².